The molecule has 0 aromatic heterocycles. The average molecular weight is 222 g/mol. The zero-order chi connectivity index (χ0) is 12.0. The molecule has 1 aromatic carbocycles. The van der Waals surface area contributed by atoms with Crippen molar-refractivity contribution in [2.45, 2.75) is 19.4 Å². The minimum absolute atomic E-state index is 0.125. The molecule has 0 bridgehead atoms. The van der Waals surface area contributed by atoms with E-state index in [2.05, 4.69) is 11.9 Å². The van der Waals surface area contributed by atoms with Crippen LogP contribution in [0.2, 0.25) is 0 Å². The molecule has 1 rings (SSSR count). The summed E-state index contributed by atoms with van der Waals surface area (Å²) in [7, 11) is 0. The lowest BCUT2D eigenvalue weighted by atomic mass is 10.0. The molecule has 0 fully saturated rings. The lowest BCUT2D eigenvalue weighted by Gasteiger charge is -2.18. The fraction of sp³-hybridized carbons (Fsp3) is 0.385. The number of hydrogen-bond acceptors (Lipinski definition) is 2. The summed E-state index contributed by atoms with van der Waals surface area (Å²) in [5.41, 5.74) is 7.34. The number of aryl methyl sites for hydroxylation is 1. The Morgan fingerprint density at radius 1 is 1.56 bits per heavy atom. The summed E-state index contributed by atoms with van der Waals surface area (Å²) in [5, 5.41) is 3.22. The van der Waals surface area contributed by atoms with Gasteiger partial charge in [0, 0.05) is 18.2 Å². The number of rotatable bonds is 6. The standard InChI is InChI=1S/C13H19FN2/c1-3-4-7-16-13(9-15)11-8-10(2)5-6-12(11)14/h3,5-6,8,13,16H,1,4,7,9,15H2,2H3. The summed E-state index contributed by atoms with van der Waals surface area (Å²) in [6.45, 7) is 6.74. The van der Waals surface area contributed by atoms with Crippen molar-refractivity contribution < 1.29 is 4.39 Å². The van der Waals surface area contributed by atoms with Crippen molar-refractivity contribution in [3.63, 3.8) is 0 Å². The summed E-state index contributed by atoms with van der Waals surface area (Å²) in [5.74, 6) is -0.202. The number of hydrogen-bond donors (Lipinski definition) is 2. The fourth-order valence-electron chi connectivity index (χ4n) is 1.61. The fourth-order valence-corrected chi connectivity index (χ4v) is 1.61. The van der Waals surface area contributed by atoms with E-state index in [9.17, 15) is 4.39 Å². The van der Waals surface area contributed by atoms with Crippen LogP contribution in [0.4, 0.5) is 4.39 Å². The van der Waals surface area contributed by atoms with Crippen LogP contribution in [0.1, 0.15) is 23.6 Å². The molecular formula is C13H19FN2. The maximum absolute atomic E-state index is 13.6. The quantitative estimate of drug-likeness (QED) is 0.572. The molecule has 0 spiro atoms. The molecule has 1 unspecified atom stereocenters. The Kier molecular flexibility index (Phi) is 5.15. The first kappa shape index (κ1) is 12.9. The maximum Gasteiger partial charge on any atom is 0.128 e. The van der Waals surface area contributed by atoms with Gasteiger partial charge >= 0.3 is 0 Å². The summed E-state index contributed by atoms with van der Waals surface area (Å²) >= 11 is 0. The van der Waals surface area contributed by atoms with Gasteiger partial charge in [0.15, 0.2) is 0 Å². The highest BCUT2D eigenvalue weighted by molar-refractivity contribution is 5.27. The average Bonchev–Trinajstić information content (AvgIpc) is 2.28. The predicted octanol–water partition coefficient (Wildman–Crippen LogP) is 2.30. The molecule has 1 aromatic rings. The SMILES string of the molecule is C=CCCNC(CN)c1cc(C)ccc1F. The highest BCUT2D eigenvalue weighted by Gasteiger charge is 2.13. The van der Waals surface area contributed by atoms with Crippen molar-refractivity contribution in [1.82, 2.24) is 5.32 Å². The number of nitrogens with one attached hydrogen (secondary N) is 1. The Hall–Kier alpha value is -1.19. The van der Waals surface area contributed by atoms with Crippen LogP contribution in [0.25, 0.3) is 0 Å². The topological polar surface area (TPSA) is 38.0 Å². The van der Waals surface area contributed by atoms with E-state index in [0.717, 1.165) is 18.5 Å². The molecule has 0 saturated heterocycles. The van der Waals surface area contributed by atoms with Crippen molar-refractivity contribution in [3.8, 4) is 0 Å². The summed E-state index contributed by atoms with van der Waals surface area (Å²) in [6, 6.07) is 4.96. The second-order valence-electron chi connectivity index (χ2n) is 3.84. The summed E-state index contributed by atoms with van der Waals surface area (Å²) in [4.78, 5) is 0. The van der Waals surface area contributed by atoms with Gasteiger partial charge in [-0.15, -0.1) is 6.58 Å². The van der Waals surface area contributed by atoms with E-state index in [1.165, 1.54) is 6.07 Å². The van der Waals surface area contributed by atoms with E-state index in [-0.39, 0.29) is 11.9 Å². The van der Waals surface area contributed by atoms with Gasteiger partial charge in [-0.2, -0.15) is 0 Å². The van der Waals surface area contributed by atoms with E-state index < -0.39 is 0 Å². The Balaban J connectivity index is 2.77. The Morgan fingerprint density at radius 3 is 2.94 bits per heavy atom. The molecule has 88 valence electrons. The largest absolute Gasteiger partial charge is 0.329 e. The van der Waals surface area contributed by atoms with Gasteiger partial charge in [0.05, 0.1) is 0 Å². The first-order chi connectivity index (χ1) is 7.69. The van der Waals surface area contributed by atoms with Gasteiger partial charge in [-0.3, -0.25) is 0 Å². The van der Waals surface area contributed by atoms with Gasteiger partial charge in [0.25, 0.3) is 0 Å². The van der Waals surface area contributed by atoms with Gasteiger partial charge in [0.1, 0.15) is 5.82 Å². The number of nitrogens with two attached hydrogens (primary N) is 1. The maximum atomic E-state index is 13.6. The van der Waals surface area contributed by atoms with Crippen LogP contribution in [0.15, 0.2) is 30.9 Å². The van der Waals surface area contributed by atoms with E-state index in [1.54, 1.807) is 6.07 Å². The second kappa shape index (κ2) is 6.40. The zero-order valence-corrected chi connectivity index (χ0v) is 9.67. The third-order valence-electron chi connectivity index (χ3n) is 2.50. The summed E-state index contributed by atoms with van der Waals surface area (Å²) in [6.07, 6.45) is 2.68. The Morgan fingerprint density at radius 2 is 2.31 bits per heavy atom. The molecule has 3 heteroatoms. The molecule has 0 aliphatic rings. The Bertz CT molecular complexity index is 350. The third kappa shape index (κ3) is 3.43. The highest BCUT2D eigenvalue weighted by Crippen LogP contribution is 2.17. The highest BCUT2D eigenvalue weighted by atomic mass is 19.1. The minimum Gasteiger partial charge on any atom is -0.329 e. The molecule has 3 N–H and O–H groups in total. The summed E-state index contributed by atoms with van der Waals surface area (Å²) < 4.78 is 13.6. The van der Waals surface area contributed by atoms with Crippen LogP contribution < -0.4 is 11.1 Å². The van der Waals surface area contributed by atoms with Crippen LogP contribution in [0.5, 0.6) is 0 Å². The molecule has 0 radical (unpaired) electrons. The predicted molar refractivity (Wildman–Crippen MR) is 65.7 cm³/mol. The van der Waals surface area contributed by atoms with Crippen molar-refractivity contribution in [3.05, 3.63) is 47.8 Å². The van der Waals surface area contributed by atoms with E-state index in [0.29, 0.717) is 12.1 Å². The number of benzene rings is 1. The van der Waals surface area contributed by atoms with Gasteiger partial charge in [-0.1, -0.05) is 23.8 Å². The zero-order valence-electron chi connectivity index (χ0n) is 9.67. The molecule has 1 atom stereocenters. The number of halogens is 1. The third-order valence-corrected chi connectivity index (χ3v) is 2.50. The van der Waals surface area contributed by atoms with Crippen molar-refractivity contribution in [1.29, 1.82) is 0 Å². The van der Waals surface area contributed by atoms with E-state index >= 15 is 0 Å². The molecule has 0 amide bonds. The molecule has 0 saturated carbocycles. The van der Waals surface area contributed by atoms with E-state index in [4.69, 9.17) is 5.73 Å². The van der Waals surface area contributed by atoms with Gasteiger partial charge in [-0.05, 0) is 26.0 Å². The van der Waals surface area contributed by atoms with Crippen LogP contribution >= 0.6 is 0 Å². The molecule has 0 heterocycles. The molecule has 0 aliphatic carbocycles. The minimum atomic E-state index is -0.202. The lowest BCUT2D eigenvalue weighted by Crippen LogP contribution is -2.29. The second-order valence-corrected chi connectivity index (χ2v) is 3.84. The van der Waals surface area contributed by atoms with Gasteiger partial charge in [0.2, 0.25) is 0 Å². The van der Waals surface area contributed by atoms with Crippen molar-refractivity contribution >= 4 is 0 Å². The molecule has 0 aliphatic heterocycles. The van der Waals surface area contributed by atoms with Crippen LogP contribution in [0.3, 0.4) is 0 Å². The van der Waals surface area contributed by atoms with Gasteiger partial charge < -0.3 is 11.1 Å². The van der Waals surface area contributed by atoms with Gasteiger partial charge in [-0.25, -0.2) is 4.39 Å². The first-order valence-electron chi connectivity index (χ1n) is 5.49. The van der Waals surface area contributed by atoms with Crippen LogP contribution in [-0.4, -0.2) is 13.1 Å². The Labute approximate surface area is 96.4 Å². The van der Waals surface area contributed by atoms with Crippen molar-refractivity contribution in [2.75, 3.05) is 13.1 Å². The monoisotopic (exact) mass is 222 g/mol. The normalized spacial score (nSPS) is 12.4. The first-order valence-corrected chi connectivity index (χ1v) is 5.49. The molecule has 16 heavy (non-hydrogen) atoms. The molecule has 2 nitrogen and oxygen atoms in total. The van der Waals surface area contributed by atoms with Crippen LogP contribution in [0, 0.1) is 12.7 Å². The smallest absolute Gasteiger partial charge is 0.128 e. The van der Waals surface area contributed by atoms with Crippen molar-refractivity contribution in [2.24, 2.45) is 5.73 Å². The lowest BCUT2D eigenvalue weighted by molar-refractivity contribution is 0.510. The van der Waals surface area contributed by atoms with Crippen LogP contribution in [-0.2, 0) is 0 Å². The van der Waals surface area contributed by atoms with E-state index in [1.807, 2.05) is 19.1 Å². The molecular weight excluding hydrogens is 203 g/mol.